The minimum atomic E-state index is -3.25. The molecule has 2 amide bonds. The Hall–Kier alpha value is -3.27. The number of hydrogen-bond donors (Lipinski definition) is 0. The second-order valence-corrected chi connectivity index (χ2v) is 10.3. The van der Waals surface area contributed by atoms with E-state index in [1.165, 1.54) is 4.31 Å². The minimum absolute atomic E-state index is 0.135. The molecule has 5 rings (SSSR count). The van der Waals surface area contributed by atoms with E-state index >= 15 is 0 Å². The van der Waals surface area contributed by atoms with Gasteiger partial charge in [0.15, 0.2) is 11.5 Å². The molecule has 174 valence electrons. The highest BCUT2D eigenvalue weighted by molar-refractivity contribution is 7.93. The van der Waals surface area contributed by atoms with Crippen LogP contribution in [0.4, 0.5) is 5.69 Å². The van der Waals surface area contributed by atoms with Crippen LogP contribution in [0.25, 0.3) is 0 Å². The SMILES string of the molecule is O=C(c1ccc(N2CCCS2(=O)=O)cc1)N1CCN(C(=O)C2COc3ccccc3O2)CC1. The summed E-state index contributed by atoms with van der Waals surface area (Å²) in [7, 11) is -3.25. The van der Waals surface area contributed by atoms with Crippen LogP contribution in [0.5, 0.6) is 11.5 Å². The summed E-state index contributed by atoms with van der Waals surface area (Å²) in [5.41, 5.74) is 1.08. The molecule has 1 atom stereocenters. The Labute approximate surface area is 192 Å². The summed E-state index contributed by atoms with van der Waals surface area (Å²) in [6, 6.07) is 13.9. The van der Waals surface area contributed by atoms with Crippen LogP contribution in [-0.2, 0) is 14.8 Å². The number of benzene rings is 2. The van der Waals surface area contributed by atoms with Gasteiger partial charge in [0.05, 0.1) is 11.4 Å². The number of carbonyl (C=O) groups is 2. The van der Waals surface area contributed by atoms with Gasteiger partial charge < -0.3 is 19.3 Å². The Balaban J connectivity index is 1.17. The fourth-order valence-electron chi connectivity index (χ4n) is 4.36. The summed E-state index contributed by atoms with van der Waals surface area (Å²) in [6.45, 7) is 2.28. The molecule has 2 saturated heterocycles. The molecular formula is C23H25N3O6S. The van der Waals surface area contributed by atoms with Gasteiger partial charge in [-0.2, -0.15) is 0 Å². The zero-order chi connectivity index (χ0) is 23.0. The van der Waals surface area contributed by atoms with Crippen LogP contribution < -0.4 is 13.8 Å². The molecular weight excluding hydrogens is 446 g/mol. The summed E-state index contributed by atoms with van der Waals surface area (Å²) in [4.78, 5) is 29.2. The van der Waals surface area contributed by atoms with E-state index in [0.717, 1.165) is 0 Å². The van der Waals surface area contributed by atoms with Crippen LogP contribution in [0.2, 0.25) is 0 Å². The lowest BCUT2D eigenvalue weighted by atomic mass is 10.1. The predicted molar refractivity (Wildman–Crippen MR) is 121 cm³/mol. The first-order valence-electron chi connectivity index (χ1n) is 11.0. The first-order chi connectivity index (χ1) is 15.9. The van der Waals surface area contributed by atoms with Crippen molar-refractivity contribution in [2.24, 2.45) is 0 Å². The van der Waals surface area contributed by atoms with Crippen LogP contribution in [0.15, 0.2) is 48.5 Å². The Morgan fingerprint density at radius 2 is 1.52 bits per heavy atom. The topological polar surface area (TPSA) is 96.5 Å². The lowest BCUT2D eigenvalue weighted by Crippen LogP contribution is -2.55. The molecule has 0 aromatic heterocycles. The van der Waals surface area contributed by atoms with E-state index in [0.29, 0.717) is 61.9 Å². The quantitative estimate of drug-likeness (QED) is 0.671. The molecule has 0 saturated carbocycles. The van der Waals surface area contributed by atoms with Crippen molar-refractivity contribution in [3.8, 4) is 11.5 Å². The number of carbonyl (C=O) groups excluding carboxylic acids is 2. The molecule has 10 heteroatoms. The Bertz CT molecular complexity index is 1160. The first-order valence-corrected chi connectivity index (χ1v) is 12.6. The second kappa shape index (κ2) is 8.58. The second-order valence-electron chi connectivity index (χ2n) is 8.27. The number of amides is 2. The number of piperazine rings is 1. The lowest BCUT2D eigenvalue weighted by Gasteiger charge is -2.37. The number of fused-ring (bicyclic) bond motifs is 1. The molecule has 0 bridgehead atoms. The van der Waals surface area contributed by atoms with Gasteiger partial charge in [0.25, 0.3) is 11.8 Å². The Morgan fingerprint density at radius 3 is 2.18 bits per heavy atom. The van der Waals surface area contributed by atoms with Crippen LogP contribution in [0.1, 0.15) is 16.8 Å². The van der Waals surface area contributed by atoms with Gasteiger partial charge in [0, 0.05) is 38.3 Å². The van der Waals surface area contributed by atoms with Gasteiger partial charge in [0.2, 0.25) is 16.1 Å². The van der Waals surface area contributed by atoms with Gasteiger partial charge in [-0.3, -0.25) is 13.9 Å². The molecule has 0 spiro atoms. The number of rotatable bonds is 3. The normalized spacial score (nSPS) is 21.7. The van der Waals surface area contributed by atoms with E-state index in [4.69, 9.17) is 9.47 Å². The molecule has 3 aliphatic heterocycles. The van der Waals surface area contributed by atoms with E-state index in [9.17, 15) is 18.0 Å². The van der Waals surface area contributed by atoms with Crippen molar-refractivity contribution in [3.63, 3.8) is 0 Å². The molecule has 9 nitrogen and oxygen atoms in total. The van der Waals surface area contributed by atoms with Crippen LogP contribution >= 0.6 is 0 Å². The summed E-state index contributed by atoms with van der Waals surface area (Å²) < 4.78 is 37.0. The highest BCUT2D eigenvalue weighted by Crippen LogP contribution is 2.31. The molecule has 0 N–H and O–H groups in total. The maximum atomic E-state index is 12.9. The van der Waals surface area contributed by atoms with Crippen molar-refractivity contribution in [2.75, 3.05) is 49.4 Å². The van der Waals surface area contributed by atoms with Gasteiger partial charge in [-0.1, -0.05) is 12.1 Å². The minimum Gasteiger partial charge on any atom is -0.485 e. The number of hydrogen-bond acceptors (Lipinski definition) is 6. The summed E-state index contributed by atoms with van der Waals surface area (Å²) in [5, 5.41) is 0. The largest absolute Gasteiger partial charge is 0.485 e. The average molecular weight is 472 g/mol. The fourth-order valence-corrected chi connectivity index (χ4v) is 5.92. The van der Waals surface area contributed by atoms with E-state index < -0.39 is 16.1 Å². The summed E-state index contributed by atoms with van der Waals surface area (Å²) >= 11 is 0. The monoisotopic (exact) mass is 471 g/mol. The van der Waals surface area contributed by atoms with Gasteiger partial charge in [-0.15, -0.1) is 0 Å². The number of nitrogens with zero attached hydrogens (tertiary/aromatic N) is 3. The number of sulfonamides is 1. The average Bonchev–Trinajstić information content (AvgIpc) is 3.22. The standard InChI is InChI=1S/C23H25N3O6S/c27-22(17-6-8-18(9-7-17)26-10-3-15-33(26,29)30)24-11-13-25(14-12-24)23(28)21-16-31-19-4-1-2-5-20(19)32-21/h1-2,4-9,21H,3,10-16H2. The number of anilines is 1. The van der Waals surface area contributed by atoms with Crippen LogP contribution in [-0.4, -0.2) is 81.2 Å². The third-order valence-electron chi connectivity index (χ3n) is 6.16. The van der Waals surface area contributed by atoms with Gasteiger partial charge in [0.1, 0.15) is 6.61 Å². The fraction of sp³-hybridized carbons (Fsp3) is 0.391. The lowest BCUT2D eigenvalue weighted by molar-refractivity contribution is -0.142. The molecule has 3 heterocycles. The third kappa shape index (κ3) is 4.22. The maximum Gasteiger partial charge on any atom is 0.267 e. The summed E-state index contributed by atoms with van der Waals surface area (Å²) in [6.07, 6.45) is -0.0899. The molecule has 0 radical (unpaired) electrons. The molecule has 2 aromatic carbocycles. The Morgan fingerprint density at radius 1 is 0.848 bits per heavy atom. The third-order valence-corrected chi connectivity index (χ3v) is 8.03. The first kappa shape index (κ1) is 21.6. The molecule has 3 aliphatic rings. The smallest absolute Gasteiger partial charge is 0.267 e. The zero-order valence-corrected chi connectivity index (χ0v) is 18.9. The van der Waals surface area contributed by atoms with Crippen molar-refractivity contribution in [1.82, 2.24) is 9.80 Å². The molecule has 0 aliphatic carbocycles. The predicted octanol–water partition coefficient (Wildman–Crippen LogP) is 1.35. The van der Waals surface area contributed by atoms with Crippen molar-refractivity contribution in [3.05, 3.63) is 54.1 Å². The molecule has 2 fully saturated rings. The van der Waals surface area contributed by atoms with Gasteiger partial charge >= 0.3 is 0 Å². The van der Waals surface area contributed by atoms with E-state index in [1.54, 1.807) is 46.2 Å². The van der Waals surface area contributed by atoms with E-state index in [-0.39, 0.29) is 24.2 Å². The highest BCUT2D eigenvalue weighted by Gasteiger charge is 2.34. The molecule has 1 unspecified atom stereocenters. The van der Waals surface area contributed by atoms with Gasteiger partial charge in [-0.25, -0.2) is 8.42 Å². The van der Waals surface area contributed by atoms with Crippen LogP contribution in [0.3, 0.4) is 0 Å². The molecule has 33 heavy (non-hydrogen) atoms. The number of ether oxygens (including phenoxy) is 2. The van der Waals surface area contributed by atoms with E-state index in [1.807, 2.05) is 12.1 Å². The highest BCUT2D eigenvalue weighted by atomic mass is 32.2. The van der Waals surface area contributed by atoms with Crippen molar-refractivity contribution < 1.29 is 27.5 Å². The maximum absolute atomic E-state index is 12.9. The van der Waals surface area contributed by atoms with Crippen molar-refractivity contribution in [2.45, 2.75) is 12.5 Å². The number of para-hydroxylation sites is 2. The zero-order valence-electron chi connectivity index (χ0n) is 18.1. The van der Waals surface area contributed by atoms with Crippen LogP contribution in [0, 0.1) is 0 Å². The van der Waals surface area contributed by atoms with Crippen molar-refractivity contribution >= 4 is 27.5 Å². The van der Waals surface area contributed by atoms with Crippen molar-refractivity contribution in [1.29, 1.82) is 0 Å². The van der Waals surface area contributed by atoms with Gasteiger partial charge in [-0.05, 0) is 42.8 Å². The Kier molecular flexibility index (Phi) is 5.61. The van der Waals surface area contributed by atoms with E-state index in [2.05, 4.69) is 0 Å². The summed E-state index contributed by atoms with van der Waals surface area (Å²) in [5.74, 6) is 1.06. The molecule has 2 aromatic rings.